The summed E-state index contributed by atoms with van der Waals surface area (Å²) < 4.78 is 10.5. The molecule has 4 rings (SSSR count). The number of benzene rings is 1. The smallest absolute Gasteiger partial charge is 0.290 e. The third-order valence-corrected chi connectivity index (χ3v) is 5.06. The van der Waals surface area contributed by atoms with Crippen LogP contribution in [-0.2, 0) is 0 Å². The number of carbonyl (C=O) groups excluding carboxylic acids is 1. The Morgan fingerprint density at radius 3 is 2.84 bits per heavy atom. The summed E-state index contributed by atoms with van der Waals surface area (Å²) in [6, 6.07) is 10.7. The molecule has 1 saturated carbocycles. The summed E-state index contributed by atoms with van der Waals surface area (Å²) in [5.74, 6) is 0.916. The van der Waals surface area contributed by atoms with Crippen molar-refractivity contribution in [3.8, 4) is 5.75 Å². The first kappa shape index (κ1) is 16.1. The van der Waals surface area contributed by atoms with Gasteiger partial charge in [0.1, 0.15) is 5.75 Å². The Hall–Kier alpha value is -2.34. The minimum atomic E-state index is -0.198. The molecule has 2 atom stereocenters. The van der Waals surface area contributed by atoms with E-state index in [0.717, 1.165) is 18.7 Å². The molecule has 0 radical (unpaired) electrons. The highest BCUT2D eigenvalue weighted by Crippen LogP contribution is 2.41. The first-order valence-electron chi connectivity index (χ1n) is 8.79. The average Bonchev–Trinajstić information content (AvgIpc) is 3.24. The van der Waals surface area contributed by atoms with E-state index in [0.29, 0.717) is 11.7 Å². The van der Waals surface area contributed by atoms with Gasteiger partial charge in [0.2, 0.25) is 5.76 Å². The van der Waals surface area contributed by atoms with Crippen molar-refractivity contribution in [2.75, 3.05) is 13.7 Å². The van der Waals surface area contributed by atoms with Crippen molar-refractivity contribution in [1.29, 1.82) is 0 Å². The summed E-state index contributed by atoms with van der Waals surface area (Å²) >= 11 is 0. The fourth-order valence-corrected chi connectivity index (χ4v) is 3.74. The van der Waals surface area contributed by atoms with Crippen LogP contribution in [-0.4, -0.2) is 41.7 Å². The number of aromatic nitrogens is 1. The molecule has 2 heterocycles. The van der Waals surface area contributed by atoms with Crippen molar-refractivity contribution in [3.05, 3.63) is 47.3 Å². The molecule has 25 heavy (non-hydrogen) atoms. The predicted octanol–water partition coefficient (Wildman–Crippen LogP) is 2.70. The highest BCUT2D eigenvalue weighted by molar-refractivity contribution is 5.91. The summed E-state index contributed by atoms with van der Waals surface area (Å²) in [6.45, 7) is 2.80. The number of ether oxygens (including phenoxy) is 1. The maximum Gasteiger partial charge on any atom is 0.290 e. The van der Waals surface area contributed by atoms with E-state index >= 15 is 0 Å². The highest BCUT2D eigenvalue weighted by Gasteiger charge is 2.43. The Bertz CT molecular complexity index is 769. The Kier molecular flexibility index (Phi) is 4.21. The van der Waals surface area contributed by atoms with Crippen LogP contribution in [0.2, 0.25) is 0 Å². The molecule has 1 saturated heterocycles. The molecule has 0 bridgehead atoms. The zero-order valence-corrected chi connectivity index (χ0v) is 14.6. The van der Waals surface area contributed by atoms with E-state index in [-0.39, 0.29) is 23.8 Å². The van der Waals surface area contributed by atoms with Gasteiger partial charge in [-0.25, -0.2) is 0 Å². The van der Waals surface area contributed by atoms with Crippen molar-refractivity contribution in [1.82, 2.24) is 15.4 Å². The first-order chi connectivity index (χ1) is 12.2. The minimum Gasteiger partial charge on any atom is -0.497 e. The van der Waals surface area contributed by atoms with Gasteiger partial charge in [-0.2, -0.15) is 0 Å². The van der Waals surface area contributed by atoms with Crippen LogP contribution in [0, 0.1) is 6.92 Å². The van der Waals surface area contributed by atoms with Crippen LogP contribution in [0.15, 0.2) is 34.9 Å². The Morgan fingerprint density at radius 2 is 2.16 bits per heavy atom. The van der Waals surface area contributed by atoms with Crippen LogP contribution in [0.3, 0.4) is 0 Å². The number of methoxy groups -OCH3 is 1. The molecule has 1 aliphatic heterocycles. The van der Waals surface area contributed by atoms with E-state index in [4.69, 9.17) is 9.26 Å². The zero-order chi connectivity index (χ0) is 17.4. The number of aryl methyl sites for hydroxylation is 1. The normalized spacial score (nSPS) is 23.6. The number of nitrogens with one attached hydrogen (secondary N) is 1. The molecular weight excluding hydrogens is 318 g/mol. The minimum absolute atomic E-state index is 0.0469. The van der Waals surface area contributed by atoms with E-state index in [1.807, 2.05) is 19.1 Å². The van der Waals surface area contributed by atoms with Crippen molar-refractivity contribution in [2.24, 2.45) is 0 Å². The van der Waals surface area contributed by atoms with E-state index in [2.05, 4.69) is 27.5 Å². The molecule has 6 heteroatoms. The highest BCUT2D eigenvalue weighted by atomic mass is 16.5. The lowest BCUT2D eigenvalue weighted by Crippen LogP contribution is -2.40. The van der Waals surface area contributed by atoms with Gasteiger partial charge in [0, 0.05) is 18.7 Å². The molecule has 1 aromatic heterocycles. The topological polar surface area (TPSA) is 67.6 Å². The molecule has 132 valence electrons. The zero-order valence-electron chi connectivity index (χ0n) is 14.6. The number of amides is 1. The third kappa shape index (κ3) is 3.26. The molecular formula is C19H23N3O3. The molecule has 0 unspecified atom stereocenters. The number of likely N-dealkylation sites (tertiary alicyclic amines) is 1. The molecule has 1 aromatic carbocycles. The molecule has 6 nitrogen and oxygen atoms in total. The lowest BCUT2D eigenvalue weighted by atomic mass is 9.99. The average molecular weight is 341 g/mol. The quantitative estimate of drug-likeness (QED) is 0.906. The summed E-state index contributed by atoms with van der Waals surface area (Å²) in [4.78, 5) is 15.0. The van der Waals surface area contributed by atoms with E-state index in [1.165, 1.54) is 18.4 Å². The largest absolute Gasteiger partial charge is 0.497 e. The van der Waals surface area contributed by atoms with Crippen LogP contribution in [0.25, 0.3) is 0 Å². The van der Waals surface area contributed by atoms with Gasteiger partial charge >= 0.3 is 0 Å². The van der Waals surface area contributed by atoms with Gasteiger partial charge < -0.3 is 14.6 Å². The molecule has 2 aromatic rings. The molecule has 2 aliphatic rings. The van der Waals surface area contributed by atoms with Crippen molar-refractivity contribution >= 4 is 5.91 Å². The number of carbonyl (C=O) groups is 1. The molecule has 0 spiro atoms. The second-order valence-corrected chi connectivity index (χ2v) is 6.89. The standard InChI is InChI=1S/C19H23N3O3/c1-12-10-17(25-21-12)19(23)20-16-8-9-22(14-6-7-14)18(16)13-4-3-5-15(11-13)24-2/h3-5,10-11,14,16,18H,6-9H2,1-2H3,(H,20,23)/t16-,18-/m0/s1. The van der Waals surface area contributed by atoms with Crippen molar-refractivity contribution < 1.29 is 14.1 Å². The molecule has 1 amide bonds. The van der Waals surface area contributed by atoms with Gasteiger partial charge in [-0.1, -0.05) is 17.3 Å². The summed E-state index contributed by atoms with van der Waals surface area (Å²) in [5, 5.41) is 6.95. The lowest BCUT2D eigenvalue weighted by molar-refractivity contribution is 0.0886. The summed E-state index contributed by atoms with van der Waals surface area (Å²) in [7, 11) is 1.68. The van der Waals surface area contributed by atoms with E-state index in [1.54, 1.807) is 13.2 Å². The van der Waals surface area contributed by atoms with Crippen molar-refractivity contribution in [2.45, 2.75) is 44.3 Å². The van der Waals surface area contributed by atoms with Crippen molar-refractivity contribution in [3.63, 3.8) is 0 Å². The van der Waals surface area contributed by atoms with Crippen LogP contribution in [0.5, 0.6) is 5.75 Å². The predicted molar refractivity (Wildman–Crippen MR) is 92.6 cm³/mol. The van der Waals surface area contributed by atoms with Gasteiger partial charge in [0.15, 0.2) is 0 Å². The van der Waals surface area contributed by atoms with E-state index < -0.39 is 0 Å². The van der Waals surface area contributed by atoms with Gasteiger partial charge in [-0.3, -0.25) is 9.69 Å². The van der Waals surface area contributed by atoms with Gasteiger partial charge in [-0.05, 0) is 43.9 Å². The van der Waals surface area contributed by atoms with E-state index in [9.17, 15) is 4.79 Å². The fraction of sp³-hybridized carbons (Fsp3) is 0.474. The number of nitrogens with zero attached hydrogens (tertiary/aromatic N) is 2. The Labute approximate surface area is 147 Å². The second-order valence-electron chi connectivity index (χ2n) is 6.89. The maximum absolute atomic E-state index is 12.5. The Balaban J connectivity index is 1.58. The lowest BCUT2D eigenvalue weighted by Gasteiger charge is -2.29. The van der Waals surface area contributed by atoms with Crippen LogP contribution in [0.4, 0.5) is 0 Å². The number of hydrogen-bond donors (Lipinski definition) is 1. The third-order valence-electron chi connectivity index (χ3n) is 5.06. The van der Waals surface area contributed by atoms with Gasteiger partial charge in [0.05, 0.1) is 24.9 Å². The first-order valence-corrected chi connectivity index (χ1v) is 8.79. The van der Waals surface area contributed by atoms with Crippen LogP contribution in [0.1, 0.15) is 47.1 Å². The van der Waals surface area contributed by atoms with Crippen LogP contribution < -0.4 is 10.1 Å². The summed E-state index contributed by atoms with van der Waals surface area (Å²) in [6.07, 6.45) is 3.40. The second kappa shape index (κ2) is 6.52. The van der Waals surface area contributed by atoms with Gasteiger partial charge in [-0.15, -0.1) is 0 Å². The molecule has 1 aliphatic carbocycles. The maximum atomic E-state index is 12.5. The SMILES string of the molecule is COc1cccc([C@H]2[C@@H](NC(=O)c3cc(C)no3)CCN2C2CC2)c1. The molecule has 2 fully saturated rings. The summed E-state index contributed by atoms with van der Waals surface area (Å²) in [5.41, 5.74) is 1.89. The number of rotatable bonds is 5. The monoisotopic (exact) mass is 341 g/mol. The fourth-order valence-electron chi connectivity index (χ4n) is 3.74. The van der Waals surface area contributed by atoms with Crippen LogP contribution >= 0.6 is 0 Å². The van der Waals surface area contributed by atoms with Gasteiger partial charge in [0.25, 0.3) is 5.91 Å². The Morgan fingerprint density at radius 1 is 1.32 bits per heavy atom. The number of hydrogen-bond acceptors (Lipinski definition) is 5. The molecule has 1 N–H and O–H groups in total.